The highest BCUT2D eigenvalue weighted by Crippen LogP contribution is 2.42. The van der Waals surface area contributed by atoms with Gasteiger partial charge >= 0.3 is 0 Å². The molecule has 1 atom stereocenters. The summed E-state index contributed by atoms with van der Waals surface area (Å²) in [6.07, 6.45) is 5.11. The van der Waals surface area contributed by atoms with E-state index in [4.69, 9.17) is 4.42 Å². The van der Waals surface area contributed by atoms with E-state index in [9.17, 15) is 0 Å². The van der Waals surface area contributed by atoms with Crippen LogP contribution in [0.4, 0.5) is 0 Å². The number of rotatable bonds is 0. The third kappa shape index (κ3) is 1.07. The molecule has 2 heteroatoms. The van der Waals surface area contributed by atoms with Gasteiger partial charge in [-0.2, -0.15) is 0 Å². The van der Waals surface area contributed by atoms with Crippen molar-refractivity contribution in [3.8, 4) is 0 Å². The summed E-state index contributed by atoms with van der Waals surface area (Å²) < 4.78 is 5.90. The molecule has 0 bridgehead atoms. The van der Waals surface area contributed by atoms with Gasteiger partial charge in [0, 0.05) is 12.0 Å². The first-order valence-corrected chi connectivity index (χ1v) is 5.61. The minimum atomic E-state index is 0.349. The zero-order chi connectivity index (χ0) is 9.60. The molecule has 1 spiro atoms. The number of furan rings is 1. The molecule has 1 saturated heterocycles. The Morgan fingerprint density at radius 3 is 3.14 bits per heavy atom. The van der Waals surface area contributed by atoms with Gasteiger partial charge in [0.25, 0.3) is 0 Å². The predicted octanol–water partition coefficient (Wildman–Crippen LogP) is 2.16. The van der Waals surface area contributed by atoms with Crippen molar-refractivity contribution < 1.29 is 4.42 Å². The van der Waals surface area contributed by atoms with Gasteiger partial charge in [0.2, 0.25) is 0 Å². The first-order valence-electron chi connectivity index (χ1n) is 5.61. The van der Waals surface area contributed by atoms with Gasteiger partial charge in [-0.25, -0.2) is 0 Å². The van der Waals surface area contributed by atoms with Gasteiger partial charge in [-0.1, -0.05) is 0 Å². The lowest BCUT2D eigenvalue weighted by molar-refractivity contribution is 0.304. The Kier molecular flexibility index (Phi) is 1.75. The van der Waals surface area contributed by atoms with E-state index in [0.717, 1.165) is 18.8 Å². The van der Waals surface area contributed by atoms with Crippen molar-refractivity contribution in [1.82, 2.24) is 5.32 Å². The molecule has 0 radical (unpaired) electrons. The van der Waals surface area contributed by atoms with Gasteiger partial charge in [0.1, 0.15) is 11.5 Å². The van der Waals surface area contributed by atoms with Crippen molar-refractivity contribution in [3.05, 3.63) is 23.2 Å². The molecule has 0 amide bonds. The summed E-state index contributed by atoms with van der Waals surface area (Å²) in [6, 6.07) is 2.23. The molecule has 1 aromatic rings. The summed E-state index contributed by atoms with van der Waals surface area (Å²) in [5.41, 5.74) is 1.82. The molecule has 1 aliphatic carbocycles. The fourth-order valence-corrected chi connectivity index (χ4v) is 3.08. The quantitative estimate of drug-likeness (QED) is 0.679. The molecule has 1 aromatic heterocycles. The second kappa shape index (κ2) is 2.86. The summed E-state index contributed by atoms with van der Waals surface area (Å²) in [7, 11) is 0. The highest BCUT2D eigenvalue weighted by atomic mass is 16.3. The van der Waals surface area contributed by atoms with Crippen molar-refractivity contribution in [2.24, 2.45) is 0 Å². The summed E-state index contributed by atoms with van der Waals surface area (Å²) in [6.45, 7) is 4.33. The van der Waals surface area contributed by atoms with E-state index in [2.05, 4.69) is 18.3 Å². The van der Waals surface area contributed by atoms with Crippen LogP contribution in [0.3, 0.4) is 0 Å². The summed E-state index contributed by atoms with van der Waals surface area (Å²) >= 11 is 0. The lowest BCUT2D eigenvalue weighted by atomic mass is 9.74. The van der Waals surface area contributed by atoms with E-state index < -0.39 is 0 Å². The Morgan fingerprint density at radius 2 is 2.36 bits per heavy atom. The van der Waals surface area contributed by atoms with E-state index in [0.29, 0.717) is 5.41 Å². The van der Waals surface area contributed by atoms with Gasteiger partial charge in [0.15, 0.2) is 0 Å². The van der Waals surface area contributed by atoms with Gasteiger partial charge in [-0.05, 0) is 50.8 Å². The zero-order valence-electron chi connectivity index (χ0n) is 8.73. The first-order chi connectivity index (χ1) is 6.80. The molecule has 3 rings (SSSR count). The molecule has 2 aliphatic rings. The van der Waals surface area contributed by atoms with Crippen LogP contribution in [0.15, 0.2) is 10.5 Å². The van der Waals surface area contributed by atoms with E-state index in [1.807, 2.05) is 0 Å². The monoisotopic (exact) mass is 191 g/mol. The Bertz CT molecular complexity index is 347. The second-order valence-electron chi connectivity index (χ2n) is 4.77. The number of hydrogen-bond donors (Lipinski definition) is 1. The van der Waals surface area contributed by atoms with Crippen molar-refractivity contribution in [1.29, 1.82) is 0 Å². The molecule has 1 unspecified atom stereocenters. The molecule has 1 N–H and O–H groups in total. The van der Waals surface area contributed by atoms with Crippen LogP contribution in [0, 0.1) is 6.92 Å². The van der Waals surface area contributed by atoms with Gasteiger partial charge < -0.3 is 9.73 Å². The number of aryl methyl sites for hydroxylation is 2. The lowest BCUT2D eigenvalue weighted by Crippen LogP contribution is -2.32. The average molecular weight is 191 g/mol. The molecule has 1 aliphatic heterocycles. The van der Waals surface area contributed by atoms with Crippen LogP contribution >= 0.6 is 0 Å². The highest BCUT2D eigenvalue weighted by Gasteiger charge is 2.41. The Labute approximate surface area is 84.7 Å². The molecule has 2 nitrogen and oxygen atoms in total. The van der Waals surface area contributed by atoms with E-state index >= 15 is 0 Å². The normalized spacial score (nSPS) is 30.9. The standard InChI is InChI=1S/C12H17NO/c1-9-7-10-3-2-4-12(11(10)14-9)5-6-13-8-12/h7,13H,2-6,8H2,1H3. The van der Waals surface area contributed by atoms with E-state index in [-0.39, 0.29) is 0 Å². The average Bonchev–Trinajstić information content (AvgIpc) is 2.74. The Hall–Kier alpha value is -0.760. The minimum Gasteiger partial charge on any atom is -0.465 e. The van der Waals surface area contributed by atoms with Crippen molar-refractivity contribution >= 4 is 0 Å². The topological polar surface area (TPSA) is 25.2 Å². The maximum atomic E-state index is 5.90. The summed E-state index contributed by atoms with van der Waals surface area (Å²) in [5.74, 6) is 2.38. The van der Waals surface area contributed by atoms with Crippen LogP contribution < -0.4 is 5.32 Å². The maximum absolute atomic E-state index is 5.90. The molecule has 14 heavy (non-hydrogen) atoms. The van der Waals surface area contributed by atoms with Crippen LogP contribution in [-0.4, -0.2) is 13.1 Å². The maximum Gasteiger partial charge on any atom is 0.114 e. The molecule has 2 heterocycles. The van der Waals surface area contributed by atoms with Crippen LogP contribution in [0.2, 0.25) is 0 Å². The molecule has 0 aromatic carbocycles. The van der Waals surface area contributed by atoms with Gasteiger partial charge in [0.05, 0.1) is 0 Å². The minimum absolute atomic E-state index is 0.349. The Balaban J connectivity index is 2.09. The van der Waals surface area contributed by atoms with Crippen LogP contribution in [0.1, 0.15) is 36.3 Å². The smallest absolute Gasteiger partial charge is 0.114 e. The third-order valence-electron chi connectivity index (χ3n) is 3.76. The molecule has 0 saturated carbocycles. The SMILES string of the molecule is Cc1cc2c(o1)C1(CCC2)CCNC1. The van der Waals surface area contributed by atoms with Gasteiger partial charge in [-0.3, -0.25) is 0 Å². The number of nitrogens with one attached hydrogen (secondary N) is 1. The molecular formula is C12H17NO. The fourth-order valence-electron chi connectivity index (χ4n) is 3.08. The van der Waals surface area contributed by atoms with Crippen LogP contribution in [0.25, 0.3) is 0 Å². The molecular weight excluding hydrogens is 174 g/mol. The summed E-state index contributed by atoms with van der Waals surface area (Å²) in [4.78, 5) is 0. The largest absolute Gasteiger partial charge is 0.465 e. The molecule has 76 valence electrons. The number of hydrogen-bond acceptors (Lipinski definition) is 2. The van der Waals surface area contributed by atoms with E-state index in [1.165, 1.54) is 37.0 Å². The van der Waals surface area contributed by atoms with E-state index in [1.54, 1.807) is 0 Å². The van der Waals surface area contributed by atoms with Crippen molar-refractivity contribution in [2.45, 2.75) is 38.0 Å². The fraction of sp³-hybridized carbons (Fsp3) is 0.667. The predicted molar refractivity (Wildman–Crippen MR) is 55.5 cm³/mol. The lowest BCUT2D eigenvalue weighted by Gasteiger charge is -2.30. The van der Waals surface area contributed by atoms with Crippen molar-refractivity contribution in [3.63, 3.8) is 0 Å². The van der Waals surface area contributed by atoms with Gasteiger partial charge in [-0.15, -0.1) is 0 Å². The highest BCUT2D eigenvalue weighted by molar-refractivity contribution is 5.32. The second-order valence-corrected chi connectivity index (χ2v) is 4.77. The Morgan fingerprint density at radius 1 is 1.43 bits per heavy atom. The number of fused-ring (bicyclic) bond motifs is 2. The third-order valence-corrected chi connectivity index (χ3v) is 3.76. The molecule has 1 fully saturated rings. The van der Waals surface area contributed by atoms with Crippen LogP contribution in [-0.2, 0) is 11.8 Å². The van der Waals surface area contributed by atoms with Crippen molar-refractivity contribution in [2.75, 3.05) is 13.1 Å². The zero-order valence-corrected chi connectivity index (χ0v) is 8.73. The summed E-state index contributed by atoms with van der Waals surface area (Å²) in [5, 5.41) is 3.47. The van der Waals surface area contributed by atoms with Crippen LogP contribution in [0.5, 0.6) is 0 Å². The first kappa shape index (κ1) is 8.54.